The number of carbonyl (C=O) groups excluding carboxylic acids is 1. The van der Waals surface area contributed by atoms with Crippen LogP contribution in [0.4, 0.5) is 13.2 Å². The first-order valence-electron chi connectivity index (χ1n) is 13.0. The molecule has 2 heterocycles. The molecule has 2 saturated heterocycles. The molecule has 5 rings (SSSR count). The molecule has 3 aliphatic rings. The number of carboxylic acids is 1. The third kappa shape index (κ3) is 4.66. The number of ether oxygens (including phenoxy) is 1. The number of amides is 1. The number of piperidine rings is 1. The fourth-order valence-electron chi connectivity index (χ4n) is 6.53. The van der Waals surface area contributed by atoms with Crippen LogP contribution in [0.25, 0.3) is 10.8 Å². The molecule has 1 aliphatic carbocycles. The van der Waals surface area contributed by atoms with Gasteiger partial charge in [0.1, 0.15) is 11.3 Å². The third-order valence-electron chi connectivity index (χ3n) is 8.49. The number of rotatable bonds is 5. The van der Waals surface area contributed by atoms with Gasteiger partial charge in [-0.25, -0.2) is 0 Å². The summed E-state index contributed by atoms with van der Waals surface area (Å²) in [5.74, 6) is -1.06. The van der Waals surface area contributed by atoms with E-state index < -0.39 is 23.6 Å². The van der Waals surface area contributed by atoms with Gasteiger partial charge in [-0.05, 0) is 86.3 Å². The van der Waals surface area contributed by atoms with Gasteiger partial charge < -0.3 is 14.7 Å². The third-order valence-corrected chi connectivity index (χ3v) is 8.49. The Balaban J connectivity index is 1.41. The van der Waals surface area contributed by atoms with Crippen LogP contribution in [0.3, 0.4) is 0 Å². The van der Waals surface area contributed by atoms with Crippen LogP contribution < -0.4 is 4.74 Å². The molecule has 0 spiro atoms. The van der Waals surface area contributed by atoms with Crippen LogP contribution >= 0.6 is 0 Å². The minimum absolute atomic E-state index is 0.0198. The number of aliphatic carboxylic acids is 1. The highest BCUT2D eigenvalue weighted by molar-refractivity contribution is 6.00. The van der Waals surface area contributed by atoms with Crippen LogP contribution in [-0.4, -0.2) is 40.1 Å². The molecule has 5 nitrogen and oxygen atoms in total. The minimum Gasteiger partial charge on any atom is -0.490 e. The molecule has 0 radical (unpaired) electrons. The van der Waals surface area contributed by atoms with Crippen LogP contribution in [0.1, 0.15) is 80.6 Å². The maximum absolute atomic E-state index is 14.2. The summed E-state index contributed by atoms with van der Waals surface area (Å²) in [7, 11) is 0. The average Bonchev–Trinajstić information content (AvgIpc) is 3.11. The first kappa shape index (κ1) is 24.9. The second-order valence-corrected chi connectivity index (χ2v) is 10.6. The van der Waals surface area contributed by atoms with Crippen molar-refractivity contribution in [2.24, 2.45) is 11.8 Å². The van der Waals surface area contributed by atoms with E-state index in [0.717, 1.165) is 44.9 Å². The minimum atomic E-state index is -4.60. The molecule has 2 atom stereocenters. The molecule has 2 aromatic carbocycles. The van der Waals surface area contributed by atoms with Crippen molar-refractivity contribution in [3.05, 3.63) is 41.5 Å². The van der Waals surface area contributed by atoms with Gasteiger partial charge in [-0.2, -0.15) is 13.2 Å². The van der Waals surface area contributed by atoms with Crippen LogP contribution in [0.15, 0.2) is 30.3 Å². The van der Waals surface area contributed by atoms with E-state index in [1.54, 1.807) is 11.0 Å². The molecule has 1 saturated carbocycles. The SMILES string of the molecule is CC[C@H]1CC[C@@H](Oc2ccc3cc(C(=O)N4C5CCC4CC(C(=O)O)C5)ccc3c2C(F)(F)F)CC1. The fraction of sp³-hybridized carbons (Fsp3) is 0.571. The van der Waals surface area contributed by atoms with Gasteiger partial charge in [0.15, 0.2) is 0 Å². The Morgan fingerprint density at radius 2 is 1.67 bits per heavy atom. The fourth-order valence-corrected chi connectivity index (χ4v) is 6.53. The zero-order valence-corrected chi connectivity index (χ0v) is 20.4. The second-order valence-electron chi connectivity index (χ2n) is 10.6. The van der Waals surface area contributed by atoms with Gasteiger partial charge in [-0.3, -0.25) is 9.59 Å². The Labute approximate surface area is 208 Å². The van der Waals surface area contributed by atoms with Crippen LogP contribution in [-0.2, 0) is 11.0 Å². The summed E-state index contributed by atoms with van der Waals surface area (Å²) in [6.45, 7) is 2.14. The summed E-state index contributed by atoms with van der Waals surface area (Å²) in [5.41, 5.74) is -0.466. The van der Waals surface area contributed by atoms with Crippen molar-refractivity contribution in [1.29, 1.82) is 0 Å². The summed E-state index contributed by atoms with van der Waals surface area (Å²) < 4.78 is 48.5. The van der Waals surface area contributed by atoms with E-state index in [0.29, 0.717) is 29.7 Å². The maximum Gasteiger partial charge on any atom is 0.420 e. The van der Waals surface area contributed by atoms with Crippen molar-refractivity contribution >= 4 is 22.6 Å². The molecule has 36 heavy (non-hydrogen) atoms. The number of hydrogen-bond acceptors (Lipinski definition) is 3. The lowest BCUT2D eigenvalue weighted by Crippen LogP contribution is -2.47. The van der Waals surface area contributed by atoms with Crippen molar-refractivity contribution in [1.82, 2.24) is 4.90 Å². The molecule has 2 aliphatic heterocycles. The summed E-state index contributed by atoms with van der Waals surface area (Å²) in [6.07, 6.45) is 2.05. The molecule has 3 fully saturated rings. The Morgan fingerprint density at radius 1 is 1.00 bits per heavy atom. The molecule has 2 bridgehead atoms. The predicted molar refractivity (Wildman–Crippen MR) is 129 cm³/mol. The Kier molecular flexibility index (Phi) is 6.64. The summed E-state index contributed by atoms with van der Waals surface area (Å²) >= 11 is 0. The van der Waals surface area contributed by atoms with E-state index in [9.17, 15) is 27.9 Å². The van der Waals surface area contributed by atoms with E-state index in [4.69, 9.17) is 4.74 Å². The van der Waals surface area contributed by atoms with E-state index in [1.165, 1.54) is 24.3 Å². The van der Waals surface area contributed by atoms with Crippen molar-refractivity contribution in [2.75, 3.05) is 0 Å². The smallest absolute Gasteiger partial charge is 0.420 e. The zero-order valence-electron chi connectivity index (χ0n) is 20.4. The Hall–Kier alpha value is -2.77. The highest BCUT2D eigenvalue weighted by Crippen LogP contribution is 2.44. The Bertz CT molecular complexity index is 1140. The molecule has 2 aromatic rings. The Morgan fingerprint density at radius 3 is 2.25 bits per heavy atom. The maximum atomic E-state index is 14.2. The number of fused-ring (bicyclic) bond motifs is 3. The number of hydrogen-bond donors (Lipinski definition) is 1. The largest absolute Gasteiger partial charge is 0.490 e. The lowest BCUT2D eigenvalue weighted by molar-refractivity contribution is -0.144. The second kappa shape index (κ2) is 9.60. The predicted octanol–water partition coefficient (Wildman–Crippen LogP) is 6.67. The van der Waals surface area contributed by atoms with Gasteiger partial charge in [0.25, 0.3) is 5.91 Å². The van der Waals surface area contributed by atoms with Crippen molar-refractivity contribution < 1.29 is 32.6 Å². The standard InChI is InChI=1S/C28H32F3NO4/c1-2-16-3-9-22(10-4-16)36-24-12-6-17-13-18(5-11-23(17)25(24)28(29,30)31)26(33)32-20-7-8-21(32)15-19(14-20)27(34)35/h5-6,11-13,16,19-22H,2-4,7-10,14-15H2,1H3,(H,34,35)/t16-,19?,20?,21?,22+. The monoisotopic (exact) mass is 503 g/mol. The van der Waals surface area contributed by atoms with Gasteiger partial charge in [-0.1, -0.05) is 25.5 Å². The summed E-state index contributed by atoms with van der Waals surface area (Å²) in [5, 5.41) is 9.75. The molecule has 0 aromatic heterocycles. The molecule has 1 N–H and O–H groups in total. The normalized spacial score (nSPS) is 28.3. The van der Waals surface area contributed by atoms with Crippen molar-refractivity contribution in [3.63, 3.8) is 0 Å². The quantitative estimate of drug-likeness (QED) is 0.495. The molecular formula is C28H32F3NO4. The summed E-state index contributed by atoms with van der Waals surface area (Å²) in [4.78, 5) is 26.6. The van der Waals surface area contributed by atoms with E-state index in [-0.39, 0.29) is 35.2 Å². The van der Waals surface area contributed by atoms with Crippen LogP contribution in [0.5, 0.6) is 5.75 Å². The zero-order chi connectivity index (χ0) is 25.6. The number of benzene rings is 2. The number of carbonyl (C=O) groups is 2. The molecule has 8 heteroatoms. The van der Waals surface area contributed by atoms with Gasteiger partial charge in [-0.15, -0.1) is 0 Å². The lowest BCUT2D eigenvalue weighted by Gasteiger charge is -2.37. The molecular weight excluding hydrogens is 471 g/mol. The van der Waals surface area contributed by atoms with Crippen LogP contribution in [0.2, 0.25) is 0 Å². The highest BCUT2D eigenvalue weighted by Gasteiger charge is 2.45. The first-order valence-corrected chi connectivity index (χ1v) is 13.0. The number of carboxylic acid groups (broad SMARTS) is 1. The average molecular weight is 504 g/mol. The first-order chi connectivity index (χ1) is 17.2. The van der Waals surface area contributed by atoms with Crippen LogP contribution in [0, 0.1) is 11.8 Å². The van der Waals surface area contributed by atoms with Gasteiger partial charge in [0, 0.05) is 17.6 Å². The van der Waals surface area contributed by atoms with Gasteiger partial charge >= 0.3 is 12.1 Å². The number of halogens is 3. The lowest BCUT2D eigenvalue weighted by atomic mass is 9.86. The number of alkyl halides is 3. The molecule has 194 valence electrons. The summed E-state index contributed by atoms with van der Waals surface area (Å²) in [6, 6.07) is 7.05. The number of nitrogens with zero attached hydrogens (tertiary/aromatic N) is 1. The van der Waals surface area contributed by atoms with Crippen molar-refractivity contribution in [3.8, 4) is 5.75 Å². The highest BCUT2D eigenvalue weighted by atomic mass is 19.4. The van der Waals surface area contributed by atoms with Crippen molar-refractivity contribution in [2.45, 2.75) is 89.1 Å². The van der Waals surface area contributed by atoms with E-state index in [1.807, 2.05) is 0 Å². The topological polar surface area (TPSA) is 66.8 Å². The van der Waals surface area contributed by atoms with Gasteiger partial charge in [0.05, 0.1) is 12.0 Å². The molecule has 1 amide bonds. The molecule has 2 unspecified atom stereocenters. The van der Waals surface area contributed by atoms with E-state index >= 15 is 0 Å². The van der Waals surface area contributed by atoms with Gasteiger partial charge in [0.2, 0.25) is 0 Å². The van der Waals surface area contributed by atoms with E-state index in [2.05, 4.69) is 6.92 Å².